The van der Waals surface area contributed by atoms with Crippen LogP contribution in [0.4, 0.5) is 4.39 Å². The molecule has 0 aliphatic carbocycles. The van der Waals surface area contributed by atoms with Crippen LogP contribution in [0.25, 0.3) is 0 Å². The fourth-order valence-electron chi connectivity index (χ4n) is 1.68. The van der Waals surface area contributed by atoms with E-state index in [0.29, 0.717) is 13.0 Å². The Bertz CT molecular complexity index is 513. The molecule has 0 aliphatic heterocycles. The second kappa shape index (κ2) is 14.8. The van der Waals surface area contributed by atoms with Crippen molar-refractivity contribution in [2.75, 3.05) is 0 Å². The van der Waals surface area contributed by atoms with Crippen LogP contribution < -0.4 is 0 Å². The number of hydrogen-bond donors (Lipinski definition) is 1. The number of rotatable bonds is 7. The molecule has 130 valence electrons. The number of nitrogens with zero attached hydrogens (tertiary/aromatic N) is 2. The molecule has 0 spiro atoms. The van der Waals surface area contributed by atoms with Gasteiger partial charge in [-0.25, -0.2) is 9.37 Å². The van der Waals surface area contributed by atoms with Crippen LogP contribution >= 0.6 is 0 Å². The van der Waals surface area contributed by atoms with Crippen molar-refractivity contribution in [1.82, 2.24) is 9.55 Å². The van der Waals surface area contributed by atoms with Gasteiger partial charge in [0.05, 0.1) is 18.6 Å². The average molecular weight is 324 g/mol. The van der Waals surface area contributed by atoms with E-state index >= 15 is 0 Å². The molecule has 0 aliphatic rings. The number of carboxylic acid groups (broad SMARTS) is 1. The first-order chi connectivity index (χ1) is 11.0. The second-order valence-electron chi connectivity index (χ2n) is 4.12. The van der Waals surface area contributed by atoms with Crippen molar-refractivity contribution in [2.45, 2.75) is 54.0 Å². The van der Waals surface area contributed by atoms with Crippen LogP contribution in [-0.4, -0.2) is 20.6 Å². The highest BCUT2D eigenvalue weighted by molar-refractivity contribution is 5.66. The van der Waals surface area contributed by atoms with E-state index in [1.165, 1.54) is 13.0 Å². The quantitative estimate of drug-likeness (QED) is 0.723. The van der Waals surface area contributed by atoms with Crippen molar-refractivity contribution in [2.24, 2.45) is 0 Å². The van der Waals surface area contributed by atoms with Gasteiger partial charge in [-0.05, 0) is 25.0 Å². The first-order valence-electron chi connectivity index (χ1n) is 7.89. The molecular weight excluding hydrogens is 295 g/mol. The SMILES string of the molecule is C=C/C=C(\C=C(/C)F)Cn1cncc1CCC(=O)O.CC.CC. The Kier molecular flexibility index (Phi) is 14.8. The molecule has 0 atom stereocenters. The molecular formula is C18H29FN2O2. The van der Waals surface area contributed by atoms with Crippen LogP contribution in [0.2, 0.25) is 0 Å². The van der Waals surface area contributed by atoms with Gasteiger partial charge in [-0.3, -0.25) is 4.79 Å². The fourth-order valence-corrected chi connectivity index (χ4v) is 1.68. The van der Waals surface area contributed by atoms with E-state index in [1.54, 1.807) is 29.2 Å². The van der Waals surface area contributed by atoms with Gasteiger partial charge in [0.2, 0.25) is 0 Å². The summed E-state index contributed by atoms with van der Waals surface area (Å²) in [6, 6.07) is 0. The smallest absolute Gasteiger partial charge is 0.303 e. The molecule has 0 bridgehead atoms. The molecule has 0 saturated heterocycles. The highest BCUT2D eigenvalue weighted by atomic mass is 19.1. The van der Waals surface area contributed by atoms with E-state index in [-0.39, 0.29) is 12.2 Å². The van der Waals surface area contributed by atoms with Crippen molar-refractivity contribution in [1.29, 1.82) is 0 Å². The van der Waals surface area contributed by atoms with Crippen molar-refractivity contribution < 1.29 is 14.3 Å². The van der Waals surface area contributed by atoms with Crippen molar-refractivity contribution in [3.63, 3.8) is 0 Å². The molecule has 0 saturated carbocycles. The third kappa shape index (κ3) is 11.1. The minimum atomic E-state index is -0.853. The molecule has 1 aromatic rings. The molecule has 0 fully saturated rings. The summed E-state index contributed by atoms with van der Waals surface area (Å²) in [5, 5.41) is 8.67. The molecule has 0 aromatic carbocycles. The van der Waals surface area contributed by atoms with Crippen LogP contribution in [0.15, 0.2) is 48.7 Å². The topological polar surface area (TPSA) is 55.1 Å². The number of hydrogen-bond acceptors (Lipinski definition) is 2. The van der Waals surface area contributed by atoms with Crippen LogP contribution in [0.1, 0.15) is 46.7 Å². The fraction of sp³-hybridized carbons (Fsp3) is 0.444. The molecule has 0 unspecified atom stereocenters. The number of allylic oxidation sites excluding steroid dienone is 5. The van der Waals surface area contributed by atoms with Crippen LogP contribution in [0.5, 0.6) is 0 Å². The summed E-state index contributed by atoms with van der Waals surface area (Å²) in [6.07, 6.45) is 8.39. The second-order valence-corrected chi connectivity index (χ2v) is 4.12. The van der Waals surface area contributed by atoms with Gasteiger partial charge in [0.15, 0.2) is 0 Å². The maximum absolute atomic E-state index is 12.9. The van der Waals surface area contributed by atoms with Crippen molar-refractivity contribution in [3.05, 3.63) is 54.4 Å². The highest BCUT2D eigenvalue weighted by Gasteiger charge is 2.06. The van der Waals surface area contributed by atoms with Gasteiger partial charge in [0.25, 0.3) is 0 Å². The lowest BCUT2D eigenvalue weighted by Crippen LogP contribution is -2.06. The van der Waals surface area contributed by atoms with Crippen molar-refractivity contribution in [3.8, 4) is 0 Å². The Balaban J connectivity index is 0. The number of halogens is 1. The van der Waals surface area contributed by atoms with Gasteiger partial charge >= 0.3 is 5.97 Å². The standard InChI is InChI=1S/C14H17FN2O2.2C2H6/c1-3-4-12(7-11(2)15)9-17-10-16-8-13(17)5-6-14(18)19;2*1-2/h3-4,7-8,10H,1,5-6,9H2,2H3,(H,18,19);2*1-2H3/b11-7+,12-4+;;. The van der Waals surface area contributed by atoms with Crippen LogP contribution in [0, 0.1) is 0 Å². The molecule has 1 aromatic heterocycles. The lowest BCUT2D eigenvalue weighted by atomic mass is 10.2. The molecule has 5 heteroatoms. The minimum Gasteiger partial charge on any atom is -0.481 e. The summed E-state index contributed by atoms with van der Waals surface area (Å²) < 4.78 is 14.7. The summed E-state index contributed by atoms with van der Waals surface area (Å²) in [5.74, 6) is -1.14. The maximum Gasteiger partial charge on any atom is 0.303 e. The van der Waals surface area contributed by atoms with Gasteiger partial charge in [-0.2, -0.15) is 0 Å². The zero-order chi connectivity index (χ0) is 18.3. The van der Waals surface area contributed by atoms with E-state index in [1.807, 2.05) is 27.7 Å². The summed E-state index contributed by atoms with van der Waals surface area (Å²) in [7, 11) is 0. The molecule has 23 heavy (non-hydrogen) atoms. The Morgan fingerprint density at radius 1 is 1.39 bits per heavy atom. The maximum atomic E-state index is 12.9. The third-order valence-electron chi connectivity index (χ3n) is 2.46. The van der Waals surface area contributed by atoms with Crippen LogP contribution in [0.3, 0.4) is 0 Å². The Morgan fingerprint density at radius 3 is 2.48 bits per heavy atom. The molecule has 1 heterocycles. The van der Waals surface area contributed by atoms with Gasteiger partial charge in [-0.15, -0.1) is 0 Å². The predicted molar refractivity (Wildman–Crippen MR) is 94.0 cm³/mol. The van der Waals surface area contributed by atoms with Crippen LogP contribution in [-0.2, 0) is 17.8 Å². The summed E-state index contributed by atoms with van der Waals surface area (Å²) in [6.45, 7) is 13.4. The van der Waals surface area contributed by atoms with E-state index in [0.717, 1.165) is 11.3 Å². The average Bonchev–Trinajstić information content (AvgIpc) is 2.96. The Hall–Kier alpha value is -2.17. The monoisotopic (exact) mass is 324 g/mol. The highest BCUT2D eigenvalue weighted by Crippen LogP contribution is 2.11. The zero-order valence-corrected chi connectivity index (χ0v) is 14.8. The van der Waals surface area contributed by atoms with Crippen molar-refractivity contribution >= 4 is 5.97 Å². The van der Waals surface area contributed by atoms with E-state index in [2.05, 4.69) is 11.6 Å². The van der Waals surface area contributed by atoms with E-state index in [9.17, 15) is 9.18 Å². The number of aryl methyl sites for hydroxylation is 1. The largest absolute Gasteiger partial charge is 0.481 e. The minimum absolute atomic E-state index is 0.0458. The lowest BCUT2D eigenvalue weighted by molar-refractivity contribution is -0.136. The number of aliphatic carboxylic acids is 1. The summed E-state index contributed by atoms with van der Waals surface area (Å²) in [4.78, 5) is 14.6. The molecule has 1 rings (SSSR count). The first-order valence-corrected chi connectivity index (χ1v) is 7.89. The van der Waals surface area contributed by atoms with Gasteiger partial charge in [0.1, 0.15) is 0 Å². The zero-order valence-electron chi connectivity index (χ0n) is 14.8. The number of carboxylic acids is 1. The summed E-state index contributed by atoms with van der Waals surface area (Å²) >= 11 is 0. The lowest BCUT2D eigenvalue weighted by Gasteiger charge is -2.08. The molecule has 0 amide bonds. The molecule has 1 N–H and O–H groups in total. The van der Waals surface area contributed by atoms with E-state index in [4.69, 9.17) is 5.11 Å². The number of aromatic nitrogens is 2. The first kappa shape index (κ1) is 23.1. The predicted octanol–water partition coefficient (Wildman–Crippen LogP) is 4.94. The normalized spacial score (nSPS) is 10.9. The summed E-state index contributed by atoms with van der Waals surface area (Å²) in [5.41, 5.74) is 1.55. The Morgan fingerprint density at radius 2 is 2.00 bits per heavy atom. The number of carbonyl (C=O) groups is 1. The van der Waals surface area contributed by atoms with Gasteiger partial charge in [-0.1, -0.05) is 46.4 Å². The van der Waals surface area contributed by atoms with E-state index < -0.39 is 5.97 Å². The van der Waals surface area contributed by atoms with Gasteiger partial charge < -0.3 is 9.67 Å². The number of imidazole rings is 1. The molecule has 0 radical (unpaired) electrons. The van der Waals surface area contributed by atoms with Gasteiger partial charge in [0, 0.05) is 18.4 Å². The Labute approximate surface area is 139 Å². The molecule has 4 nitrogen and oxygen atoms in total. The third-order valence-corrected chi connectivity index (χ3v) is 2.46.